The van der Waals surface area contributed by atoms with Crippen LogP contribution < -0.4 is 11.0 Å². The zero-order chi connectivity index (χ0) is 95.3. The van der Waals surface area contributed by atoms with Crippen molar-refractivity contribution in [3.63, 3.8) is 0 Å². The summed E-state index contributed by atoms with van der Waals surface area (Å²) in [6.07, 6.45) is 2.29. The average molecular weight is 1890 g/mol. The molecule has 0 aromatic heterocycles. The van der Waals surface area contributed by atoms with Gasteiger partial charge in [-0.15, -0.1) is 0 Å². The van der Waals surface area contributed by atoms with Crippen molar-refractivity contribution in [3.8, 4) is 12.1 Å². The van der Waals surface area contributed by atoms with Crippen LogP contribution >= 0.6 is 0 Å². The number of nitrogens with one attached hydrogen (secondary N) is 2. The lowest BCUT2D eigenvalue weighted by Gasteiger charge is -2.60. The molecule has 1 amide bonds. The zero-order valence-electron chi connectivity index (χ0n) is 82.2. The van der Waals surface area contributed by atoms with Gasteiger partial charge in [-0.3, -0.25) is 19.3 Å². The molecule has 12 unspecified atom stereocenters. The van der Waals surface area contributed by atoms with Gasteiger partial charge in [0.05, 0.1) is 75.4 Å². The molecule has 7 aliphatic heterocycles. The smallest absolute Gasteiger partial charge is 0.335 e. The molecular weight excluding hydrogens is 1740 g/mol. The molecule has 7 fully saturated rings. The Labute approximate surface area is 774 Å². The summed E-state index contributed by atoms with van der Waals surface area (Å²) in [6.45, 7) is 72.5. The van der Waals surface area contributed by atoms with Crippen LogP contribution in [0.15, 0.2) is 126 Å². The number of amides is 1. The quantitative estimate of drug-likeness (QED) is 0.0236. The number of benzene rings is 3. The minimum absolute atomic E-state index is 0.0444. The van der Waals surface area contributed by atoms with Crippen LogP contribution in [0.4, 0.5) is 0 Å². The summed E-state index contributed by atoms with van der Waals surface area (Å²) in [4.78, 5) is 61.1. The fraction of sp³-hybridized carbons (Fsp3) is 0.688. The van der Waals surface area contributed by atoms with Crippen LogP contribution in [0, 0.1) is 29.2 Å². The highest BCUT2D eigenvalue weighted by Gasteiger charge is 2.78. The molecule has 13 rings (SSSR count). The molecule has 33 heteroatoms. The van der Waals surface area contributed by atoms with E-state index < -0.39 is 139 Å². The van der Waals surface area contributed by atoms with Crippen LogP contribution in [0.2, 0.25) is 66.5 Å². The van der Waals surface area contributed by atoms with Gasteiger partial charge in [0.25, 0.3) is 0 Å². The Morgan fingerprint density at radius 3 is 0.992 bits per heavy atom. The summed E-state index contributed by atoms with van der Waals surface area (Å²) in [6, 6.07) is 34.0. The van der Waals surface area contributed by atoms with E-state index in [1.807, 2.05) is 139 Å². The van der Waals surface area contributed by atoms with Gasteiger partial charge < -0.3 is 76.9 Å². The van der Waals surface area contributed by atoms with Crippen molar-refractivity contribution in [1.82, 2.24) is 16.0 Å². The molecule has 7 saturated heterocycles. The number of hydrogen-bond donors (Lipinski definition) is 2. The molecule has 0 bridgehead atoms. The molecule has 4 spiro atoms. The molecule has 12 atom stereocenters. The number of rotatable bonds is 27. The van der Waals surface area contributed by atoms with Gasteiger partial charge in [0, 0.05) is 12.8 Å². The van der Waals surface area contributed by atoms with Crippen molar-refractivity contribution in [2.24, 2.45) is 0 Å². The van der Waals surface area contributed by atoms with Crippen molar-refractivity contribution in [2.45, 2.75) is 401 Å². The maximum absolute atomic E-state index is 13.4. The third kappa shape index (κ3) is 19.0. The van der Waals surface area contributed by atoms with Gasteiger partial charge in [-0.05, 0) is 143 Å². The summed E-state index contributed by atoms with van der Waals surface area (Å²) >= 11 is 0. The first-order chi connectivity index (χ1) is 60.4. The first-order valence-electron chi connectivity index (χ1n) is 46.7. The lowest BCUT2D eigenvalue weighted by Crippen LogP contribution is -2.78. The molecule has 3 aromatic rings. The molecular formula is C96H148N6O21Si6. The SMILES string of the molecule is CC(C)[Si]1(C(C)C)OC2C(O[Si](C(C)C)(C(C)C)O1)C(CC=O)(NOCc1ccccc1)C(C#N)=CC21COC(C)(C)O1.CC(C)[Si]1(C(C)C)OC2C(O[Si](C(C)C)(C(C)C)O1)C1(CC(=O)N1OCc1ccccc1)C(C#N)=CC21COC(C)(C)O1.[C-]#[N+]C1=CC2(COC(C)(C)O2)C2O[Si](C(C)C)(C(C)C)O[Si](C(C)C)(C(C)C)OC2C1(CC=O)NOCc1ccccc1. The lowest BCUT2D eigenvalue weighted by molar-refractivity contribution is -0.285. The van der Waals surface area contributed by atoms with Gasteiger partial charge in [0.2, 0.25) is 5.91 Å². The monoisotopic (exact) mass is 1890 g/mol. The third-order valence-electron chi connectivity index (χ3n) is 28.1. The zero-order valence-corrected chi connectivity index (χ0v) is 88.2. The van der Waals surface area contributed by atoms with E-state index in [4.69, 9.17) is 88.4 Å². The predicted octanol–water partition coefficient (Wildman–Crippen LogP) is 19.4. The molecule has 0 radical (unpaired) electrons. The number of aldehydes is 2. The summed E-state index contributed by atoms with van der Waals surface area (Å²) in [5.74, 6) is -2.96. The topological polar surface area (TPSA) is 297 Å². The van der Waals surface area contributed by atoms with Gasteiger partial charge in [-0.25, -0.2) is 9.91 Å². The van der Waals surface area contributed by atoms with E-state index in [1.54, 1.807) is 12.2 Å². The lowest BCUT2D eigenvalue weighted by atomic mass is 9.65. The average Bonchev–Trinajstić information content (AvgIpc) is 1.66. The van der Waals surface area contributed by atoms with E-state index in [1.165, 1.54) is 5.06 Å². The summed E-state index contributed by atoms with van der Waals surface area (Å²) in [5.41, 5.74) is 3.68. The third-order valence-corrected chi connectivity index (χ3v) is 58.8. The molecule has 2 N–H and O–H groups in total. The minimum Gasteiger partial charge on any atom is -0.414 e. The molecule has 129 heavy (non-hydrogen) atoms. The second-order valence-corrected chi connectivity index (χ2v) is 68.3. The number of fused-ring (bicyclic) bond motifs is 7. The van der Waals surface area contributed by atoms with E-state index in [0.717, 1.165) is 29.3 Å². The van der Waals surface area contributed by atoms with E-state index in [9.17, 15) is 24.9 Å². The maximum atomic E-state index is 13.4. The van der Waals surface area contributed by atoms with Crippen LogP contribution in [-0.4, -0.2) is 182 Å². The molecule has 27 nitrogen and oxygen atoms in total. The highest BCUT2D eigenvalue weighted by molar-refractivity contribution is 6.85. The first kappa shape index (κ1) is 104. The van der Waals surface area contributed by atoms with Crippen molar-refractivity contribution in [2.75, 3.05) is 19.8 Å². The Kier molecular flexibility index (Phi) is 31.8. The Bertz CT molecular complexity index is 4220. The largest absolute Gasteiger partial charge is 0.414 e. The van der Waals surface area contributed by atoms with E-state index in [-0.39, 0.29) is 143 Å². The van der Waals surface area contributed by atoms with Gasteiger partial charge in [0.15, 0.2) is 23.1 Å². The summed E-state index contributed by atoms with van der Waals surface area (Å²) in [5, 5.41) is 22.8. The Morgan fingerprint density at radius 2 is 0.698 bits per heavy atom. The molecule has 3 aliphatic carbocycles. The fourth-order valence-electron chi connectivity index (χ4n) is 21.4. The molecule has 7 heterocycles. The number of hydroxylamine groups is 4. The van der Waals surface area contributed by atoms with Gasteiger partial charge in [0.1, 0.15) is 83.1 Å². The van der Waals surface area contributed by atoms with Crippen molar-refractivity contribution >= 4 is 69.8 Å². The first-order valence-corrected chi connectivity index (χ1v) is 58.5. The van der Waals surface area contributed by atoms with Crippen molar-refractivity contribution in [3.05, 3.63) is 154 Å². The second kappa shape index (κ2) is 39.4. The predicted molar refractivity (Wildman–Crippen MR) is 503 cm³/mol. The standard InChI is InChI=1S/C32H48N2O7Si2.2C32H50N2O7Si2/c1-21(2)42(22(3)4)38-28-29(39-43(41-42,23(5)6)24(7)8)32(26(18-33)16-31(28)20-36-30(9,10)40-31)17-27(35)34(32)37-19-25-14-12-11-13-15-25;1-22(2)42(23(3)4)38-28-29(39-43(41-42,24(5)6)25(7)8)32(17-18-35,34-37-20-26-15-13-12-14-16-26)27(33-11)19-31(28)21-36-30(9,10)40-31;1-22(2)42(23(3)4)38-28-29(39-43(41-42,24(5)6)25(7)8)32(16-17-35,34-37-20-26-14-12-11-13-15-26)27(19-33)18-31(28)21-36-30(9,10)40-31/h11-16,21-24,28-29H,17,19-20H2,1-10H3;12-16,18-19,22-25,28-29,34H,17,20-21H2,1-10H3;11-15,17-18,22-25,28-29,34H,16,20-21H2,1-10H3. The number of β-lactam (4-membered cyclic amide) rings is 1. The molecule has 3 aromatic carbocycles. The molecule has 10 aliphatic rings. The minimum atomic E-state index is -3.13. The van der Waals surface area contributed by atoms with E-state index in [0.29, 0.717) is 5.57 Å². The number of carbonyl (C=O) groups excluding carboxylic acids is 3. The molecule has 712 valence electrons. The van der Waals surface area contributed by atoms with Crippen LogP contribution in [0.1, 0.15) is 244 Å². The van der Waals surface area contributed by atoms with E-state index in [2.05, 4.69) is 194 Å². The maximum Gasteiger partial charge on any atom is 0.335 e. The number of nitrogens with zero attached hydrogens (tertiary/aromatic N) is 4. The van der Waals surface area contributed by atoms with Crippen LogP contribution in [-0.2, 0) is 116 Å². The van der Waals surface area contributed by atoms with E-state index >= 15 is 0 Å². The number of hydrogen-bond acceptors (Lipinski definition) is 25. The van der Waals surface area contributed by atoms with Crippen molar-refractivity contribution in [1.29, 1.82) is 10.5 Å². The van der Waals surface area contributed by atoms with Crippen molar-refractivity contribution < 1.29 is 96.2 Å². The number of nitriles is 2. The summed E-state index contributed by atoms with van der Waals surface area (Å²) < 4.78 is 106. The van der Waals surface area contributed by atoms with Crippen LogP contribution in [0.25, 0.3) is 4.85 Å². The fourth-order valence-corrected chi connectivity index (χ4v) is 55.4. The number of ether oxygens (including phenoxy) is 6. The Balaban J connectivity index is 0.000000187. The second-order valence-electron chi connectivity index (χ2n) is 41.9. The number of carbonyl (C=O) groups is 3. The molecule has 0 saturated carbocycles. The Morgan fingerprint density at radius 1 is 0.419 bits per heavy atom. The van der Waals surface area contributed by atoms with Gasteiger partial charge in [-0.2, -0.15) is 21.5 Å². The van der Waals surface area contributed by atoms with Crippen LogP contribution in [0.5, 0.6) is 0 Å². The normalized spacial score (nSPS) is 31.7. The Hall–Kier alpha value is -5.34. The highest BCUT2D eigenvalue weighted by atomic mass is 28.5. The van der Waals surface area contributed by atoms with Crippen LogP contribution in [0.3, 0.4) is 0 Å². The van der Waals surface area contributed by atoms with Gasteiger partial charge in [-0.1, -0.05) is 257 Å². The van der Waals surface area contributed by atoms with Gasteiger partial charge >= 0.3 is 51.4 Å². The summed E-state index contributed by atoms with van der Waals surface area (Å²) in [7, 11) is -18.5. The highest BCUT2D eigenvalue weighted by Crippen LogP contribution is 2.62.